The topological polar surface area (TPSA) is 48.1 Å². The van der Waals surface area contributed by atoms with Crippen LogP contribution in [0.15, 0.2) is 0 Å². The van der Waals surface area contributed by atoms with Crippen LogP contribution in [0.4, 0.5) is 0 Å². The zero-order chi connectivity index (χ0) is 14.8. The SMILES string of the molecule is CN[Si](C)(C)N[Si](C)(C)N[Si](C)(C)N[Si](C)(C)C. The van der Waals surface area contributed by atoms with Crippen LogP contribution in [0.5, 0.6) is 0 Å². The largest absolute Gasteiger partial charge is 0.348 e. The van der Waals surface area contributed by atoms with Gasteiger partial charge in [0.1, 0.15) is 8.24 Å². The van der Waals surface area contributed by atoms with Crippen LogP contribution < -0.4 is 18.9 Å². The molecule has 0 amide bonds. The van der Waals surface area contributed by atoms with Gasteiger partial charge in [0.05, 0.1) is 0 Å². The van der Waals surface area contributed by atoms with E-state index < -0.39 is 33.4 Å². The molecule has 0 aromatic heterocycles. The van der Waals surface area contributed by atoms with Crippen molar-refractivity contribution in [1.29, 1.82) is 0 Å². The molecule has 8 heteroatoms. The summed E-state index contributed by atoms with van der Waals surface area (Å²) in [7, 11) is -3.73. The first kappa shape index (κ1) is 18.7. The monoisotopic (exact) mass is 322 g/mol. The van der Waals surface area contributed by atoms with Crippen molar-refractivity contribution in [1.82, 2.24) is 18.9 Å². The van der Waals surface area contributed by atoms with Gasteiger partial charge in [-0.3, -0.25) is 0 Å². The summed E-state index contributed by atoms with van der Waals surface area (Å²) < 4.78 is 11.8. The van der Waals surface area contributed by atoms with Crippen molar-refractivity contribution in [2.24, 2.45) is 0 Å². The molecule has 0 saturated carbocycles. The summed E-state index contributed by atoms with van der Waals surface area (Å²) in [6, 6.07) is 0. The molecule has 0 aliphatic heterocycles. The second-order valence-corrected chi connectivity index (χ2v) is 25.5. The highest BCUT2D eigenvalue weighted by atomic mass is 28.5. The van der Waals surface area contributed by atoms with Gasteiger partial charge in [0.25, 0.3) is 0 Å². The summed E-state index contributed by atoms with van der Waals surface area (Å²) in [5.41, 5.74) is 0. The van der Waals surface area contributed by atoms with Crippen molar-refractivity contribution in [2.45, 2.75) is 58.9 Å². The van der Waals surface area contributed by atoms with Crippen molar-refractivity contribution in [3.05, 3.63) is 0 Å². The Morgan fingerprint density at radius 1 is 0.500 bits per heavy atom. The first-order chi connectivity index (χ1) is 7.68. The van der Waals surface area contributed by atoms with Crippen molar-refractivity contribution < 1.29 is 0 Å². The molecule has 0 rings (SSSR count). The Labute approximate surface area is 118 Å². The summed E-state index contributed by atoms with van der Waals surface area (Å²) in [6.45, 7) is 21.3. The zero-order valence-electron chi connectivity index (χ0n) is 14.0. The lowest BCUT2D eigenvalue weighted by Crippen LogP contribution is -2.79. The Morgan fingerprint density at radius 2 is 0.833 bits per heavy atom. The van der Waals surface area contributed by atoms with Crippen LogP contribution in [0, 0.1) is 0 Å². The van der Waals surface area contributed by atoms with Crippen molar-refractivity contribution in [3.63, 3.8) is 0 Å². The number of rotatable bonds is 7. The van der Waals surface area contributed by atoms with Gasteiger partial charge in [0.2, 0.25) is 0 Å². The summed E-state index contributed by atoms with van der Waals surface area (Å²) >= 11 is 0. The summed E-state index contributed by atoms with van der Waals surface area (Å²) in [6.07, 6.45) is 0. The summed E-state index contributed by atoms with van der Waals surface area (Å²) in [5.74, 6) is 0. The van der Waals surface area contributed by atoms with E-state index in [1.54, 1.807) is 0 Å². The molecule has 0 atom stereocenters. The Hall–Kier alpha value is 0.708. The van der Waals surface area contributed by atoms with Crippen LogP contribution in [-0.4, -0.2) is 40.5 Å². The third-order valence-electron chi connectivity index (χ3n) is 2.56. The molecule has 0 unspecified atom stereocenters. The van der Waals surface area contributed by atoms with Gasteiger partial charge in [0.15, 0.2) is 25.2 Å². The average molecular weight is 323 g/mol. The molecule has 0 aromatic rings. The Morgan fingerprint density at radius 3 is 1.17 bits per heavy atom. The first-order valence-corrected chi connectivity index (χ1v) is 19.2. The fraction of sp³-hybridized carbons (Fsp3) is 1.00. The predicted molar refractivity (Wildman–Crippen MR) is 94.3 cm³/mol. The molecule has 0 saturated heterocycles. The van der Waals surface area contributed by atoms with E-state index in [1.807, 2.05) is 0 Å². The van der Waals surface area contributed by atoms with Crippen LogP contribution in [0.3, 0.4) is 0 Å². The lowest BCUT2D eigenvalue weighted by molar-refractivity contribution is 1.05. The Bertz CT molecular complexity index is 274. The lowest BCUT2D eigenvalue weighted by atomic mass is 11.6. The second-order valence-electron chi connectivity index (χ2n) is 7.75. The maximum Gasteiger partial charge on any atom is 0.189 e. The van der Waals surface area contributed by atoms with Gasteiger partial charge in [-0.2, -0.15) is 0 Å². The van der Waals surface area contributed by atoms with E-state index in [0.717, 1.165) is 0 Å². The van der Waals surface area contributed by atoms with Gasteiger partial charge in [0, 0.05) is 0 Å². The highest BCUT2D eigenvalue weighted by Gasteiger charge is 2.37. The van der Waals surface area contributed by atoms with Crippen LogP contribution in [-0.2, 0) is 0 Å². The minimum atomic E-state index is -1.57. The van der Waals surface area contributed by atoms with Crippen molar-refractivity contribution >= 4 is 33.4 Å². The number of hydrogen-bond acceptors (Lipinski definition) is 4. The van der Waals surface area contributed by atoms with Crippen LogP contribution in [0.25, 0.3) is 0 Å². The summed E-state index contributed by atoms with van der Waals surface area (Å²) in [5, 5.41) is 0. The maximum absolute atomic E-state index is 3.96. The van der Waals surface area contributed by atoms with E-state index in [4.69, 9.17) is 0 Å². The molecule has 0 aliphatic carbocycles. The Kier molecular flexibility index (Phi) is 6.23. The molecule has 4 nitrogen and oxygen atoms in total. The standard InChI is InChI=1S/C10H34N4Si4/c1-11-16(5,6)13-18(9,10)14-17(7,8)12-15(2,3)4/h11-14H,1-10H3. The van der Waals surface area contributed by atoms with Gasteiger partial charge in [-0.15, -0.1) is 0 Å². The van der Waals surface area contributed by atoms with Crippen LogP contribution >= 0.6 is 0 Å². The molecule has 4 N–H and O–H groups in total. The van der Waals surface area contributed by atoms with Gasteiger partial charge >= 0.3 is 0 Å². The smallest absolute Gasteiger partial charge is 0.189 e. The van der Waals surface area contributed by atoms with Crippen LogP contribution in [0.1, 0.15) is 0 Å². The highest BCUT2D eigenvalue weighted by molar-refractivity contribution is 6.99. The fourth-order valence-electron chi connectivity index (χ4n) is 2.62. The quantitative estimate of drug-likeness (QED) is 0.541. The maximum atomic E-state index is 3.96. The molecule has 0 radical (unpaired) electrons. The molecule has 0 spiro atoms. The van der Waals surface area contributed by atoms with Crippen LogP contribution in [0.2, 0.25) is 58.9 Å². The first-order valence-electron chi connectivity index (χ1n) is 6.75. The highest BCUT2D eigenvalue weighted by Crippen LogP contribution is 2.07. The van der Waals surface area contributed by atoms with E-state index in [0.29, 0.717) is 0 Å². The van der Waals surface area contributed by atoms with Gasteiger partial charge < -0.3 is 18.9 Å². The molecule has 0 aromatic carbocycles. The van der Waals surface area contributed by atoms with E-state index in [1.165, 1.54) is 0 Å². The molecule has 0 bridgehead atoms. The summed E-state index contributed by atoms with van der Waals surface area (Å²) in [4.78, 5) is 3.46. The zero-order valence-corrected chi connectivity index (χ0v) is 18.0. The fourth-order valence-corrected chi connectivity index (χ4v) is 24.8. The molecular formula is C10H34N4Si4. The third kappa shape index (κ3) is 8.75. The van der Waals surface area contributed by atoms with Crippen molar-refractivity contribution in [2.75, 3.05) is 7.05 Å². The molecule has 0 fully saturated rings. The van der Waals surface area contributed by atoms with E-state index >= 15 is 0 Å². The third-order valence-corrected chi connectivity index (χ3v) is 19.3. The van der Waals surface area contributed by atoms with Gasteiger partial charge in [-0.25, -0.2) is 0 Å². The molecule has 18 heavy (non-hydrogen) atoms. The molecule has 0 heterocycles. The molecular weight excluding hydrogens is 288 g/mol. The van der Waals surface area contributed by atoms with Gasteiger partial charge in [-0.05, 0) is 46.3 Å². The molecule has 110 valence electrons. The average Bonchev–Trinajstić information content (AvgIpc) is 1.93. The minimum Gasteiger partial charge on any atom is -0.348 e. The minimum absolute atomic E-state index is 1.22. The van der Waals surface area contributed by atoms with E-state index in [2.05, 4.69) is 84.9 Å². The lowest BCUT2D eigenvalue weighted by Gasteiger charge is -2.42. The number of hydrogen-bond donors (Lipinski definition) is 4. The second kappa shape index (κ2) is 6.00. The Balaban J connectivity index is 4.66. The normalized spacial score (nSPS) is 15.0. The predicted octanol–water partition coefficient (Wildman–Crippen LogP) is 1.91. The van der Waals surface area contributed by atoms with Gasteiger partial charge in [-0.1, -0.05) is 19.6 Å². The molecule has 0 aliphatic rings. The van der Waals surface area contributed by atoms with Crippen molar-refractivity contribution in [3.8, 4) is 0 Å². The van der Waals surface area contributed by atoms with E-state index in [-0.39, 0.29) is 0 Å². The number of nitrogens with one attached hydrogen (secondary N) is 4. The van der Waals surface area contributed by atoms with E-state index in [9.17, 15) is 0 Å².